The van der Waals surface area contributed by atoms with E-state index in [9.17, 15) is 13.2 Å². The largest absolute Gasteiger partial charge is 0.491 e. The van der Waals surface area contributed by atoms with Crippen LogP contribution in [0.3, 0.4) is 0 Å². The fourth-order valence-electron chi connectivity index (χ4n) is 3.21. The molecule has 3 rings (SSSR count). The van der Waals surface area contributed by atoms with Crippen molar-refractivity contribution in [3.8, 4) is 17.2 Å². The van der Waals surface area contributed by atoms with Gasteiger partial charge in [0.15, 0.2) is 11.5 Å². The molecule has 1 heterocycles. The quantitative estimate of drug-likeness (QED) is 0.667. The summed E-state index contributed by atoms with van der Waals surface area (Å²) in [5.74, 6) is 1.40. The van der Waals surface area contributed by atoms with E-state index in [-0.39, 0.29) is 18.7 Å². The molecule has 2 aromatic rings. The van der Waals surface area contributed by atoms with Gasteiger partial charge in [-0.1, -0.05) is 12.1 Å². The van der Waals surface area contributed by atoms with Crippen LogP contribution in [0.25, 0.3) is 0 Å². The van der Waals surface area contributed by atoms with Gasteiger partial charge in [-0.25, -0.2) is 8.42 Å². The Hall–Kier alpha value is -2.94. The Morgan fingerprint density at radius 2 is 1.81 bits per heavy atom. The summed E-state index contributed by atoms with van der Waals surface area (Å²) >= 11 is 0. The monoisotopic (exact) mass is 448 g/mol. The van der Waals surface area contributed by atoms with E-state index in [1.165, 1.54) is 0 Å². The van der Waals surface area contributed by atoms with Gasteiger partial charge in [0.05, 0.1) is 24.1 Å². The molecule has 1 aliphatic heterocycles. The zero-order valence-electron chi connectivity index (χ0n) is 18.1. The average Bonchev–Trinajstić information content (AvgIpc) is 2.70. The number of benzene rings is 2. The molecule has 0 fully saturated rings. The van der Waals surface area contributed by atoms with Crippen LogP contribution in [0.4, 0.5) is 5.69 Å². The molecule has 0 saturated carbocycles. The number of nitrogens with zero attached hydrogens (tertiary/aromatic N) is 1. The highest BCUT2D eigenvalue weighted by molar-refractivity contribution is 7.92. The molecule has 0 radical (unpaired) electrons. The minimum atomic E-state index is -3.69. The lowest BCUT2D eigenvalue weighted by atomic mass is 10.1. The molecule has 1 atom stereocenters. The van der Waals surface area contributed by atoms with Gasteiger partial charge in [0.25, 0.3) is 0 Å². The molecule has 168 valence electrons. The van der Waals surface area contributed by atoms with Crippen LogP contribution in [-0.2, 0) is 14.8 Å². The van der Waals surface area contributed by atoms with E-state index in [1.54, 1.807) is 30.3 Å². The summed E-state index contributed by atoms with van der Waals surface area (Å²) in [7, 11) is -3.69. The van der Waals surface area contributed by atoms with Crippen LogP contribution in [-0.4, -0.2) is 46.4 Å². The van der Waals surface area contributed by atoms with Crippen molar-refractivity contribution in [2.45, 2.75) is 32.9 Å². The van der Waals surface area contributed by atoms with E-state index in [4.69, 9.17) is 14.2 Å². The van der Waals surface area contributed by atoms with Crippen LogP contribution < -0.4 is 23.8 Å². The first-order valence-corrected chi connectivity index (χ1v) is 11.9. The number of anilines is 1. The molecule has 1 unspecified atom stereocenters. The maximum Gasteiger partial charge on any atom is 0.241 e. The van der Waals surface area contributed by atoms with Gasteiger partial charge >= 0.3 is 0 Å². The molecule has 9 heteroatoms. The molecule has 31 heavy (non-hydrogen) atoms. The van der Waals surface area contributed by atoms with E-state index in [2.05, 4.69) is 5.32 Å². The predicted octanol–water partition coefficient (Wildman–Crippen LogP) is 2.89. The zero-order chi connectivity index (χ0) is 22.6. The number of carbonyl (C=O) groups excluding carboxylic acids is 1. The molecule has 0 spiro atoms. The third kappa shape index (κ3) is 6.04. The minimum absolute atomic E-state index is 0.0583. The average molecular weight is 449 g/mol. The number of ether oxygens (including phenoxy) is 3. The highest BCUT2D eigenvalue weighted by Gasteiger charge is 2.23. The number of carbonyl (C=O) groups is 1. The summed E-state index contributed by atoms with van der Waals surface area (Å²) in [6.07, 6.45) is 1.01. The van der Waals surface area contributed by atoms with Crippen molar-refractivity contribution in [2.75, 3.05) is 30.3 Å². The number of hydrogen-bond donors (Lipinski definition) is 1. The second-order valence-electron chi connectivity index (χ2n) is 7.63. The number of hydrogen-bond acceptors (Lipinski definition) is 6. The van der Waals surface area contributed by atoms with Gasteiger partial charge in [0.1, 0.15) is 25.5 Å². The lowest BCUT2D eigenvalue weighted by molar-refractivity contribution is -0.120. The summed E-state index contributed by atoms with van der Waals surface area (Å²) in [5.41, 5.74) is 1.19. The lowest BCUT2D eigenvalue weighted by Crippen LogP contribution is -2.41. The molecule has 2 aromatic carbocycles. The number of sulfonamides is 1. The SMILES string of the molecule is CC(C)Oc1cccc(N(CC(=O)NC(C)c2ccc3c(c2)OCCO3)S(C)(=O)=O)c1. The standard InChI is InChI=1S/C22H28N2O6S/c1-15(2)30-19-7-5-6-18(13-19)24(31(4,26)27)14-22(25)23-16(3)17-8-9-20-21(12-17)29-11-10-28-20/h5-9,12-13,15-16H,10-11,14H2,1-4H3,(H,23,25). The van der Waals surface area contributed by atoms with Gasteiger partial charge in [-0.2, -0.15) is 0 Å². The fraction of sp³-hybridized carbons (Fsp3) is 0.409. The van der Waals surface area contributed by atoms with Crippen LogP contribution in [0, 0.1) is 0 Å². The molecule has 8 nitrogen and oxygen atoms in total. The van der Waals surface area contributed by atoms with E-state index in [0.717, 1.165) is 16.1 Å². The summed E-state index contributed by atoms with van der Waals surface area (Å²) < 4.78 is 42.6. The molecular weight excluding hydrogens is 420 g/mol. The molecule has 1 amide bonds. The minimum Gasteiger partial charge on any atom is -0.491 e. The Morgan fingerprint density at radius 1 is 1.10 bits per heavy atom. The topological polar surface area (TPSA) is 94.2 Å². The van der Waals surface area contributed by atoms with Crippen molar-refractivity contribution in [3.05, 3.63) is 48.0 Å². The second kappa shape index (κ2) is 9.47. The van der Waals surface area contributed by atoms with Crippen molar-refractivity contribution in [1.82, 2.24) is 5.32 Å². The van der Waals surface area contributed by atoms with Gasteiger partial charge in [0, 0.05) is 6.07 Å². The van der Waals surface area contributed by atoms with E-state index in [1.807, 2.05) is 32.9 Å². The Balaban J connectivity index is 1.73. The summed E-state index contributed by atoms with van der Waals surface area (Å²) in [4.78, 5) is 12.7. The Bertz CT molecular complexity index is 1040. The maximum absolute atomic E-state index is 12.7. The third-order valence-electron chi connectivity index (χ3n) is 4.61. The van der Waals surface area contributed by atoms with Gasteiger partial charge in [-0.3, -0.25) is 9.10 Å². The third-order valence-corrected chi connectivity index (χ3v) is 5.75. The zero-order valence-corrected chi connectivity index (χ0v) is 18.9. The summed E-state index contributed by atoms with van der Waals surface area (Å²) in [5, 5.41) is 2.85. The summed E-state index contributed by atoms with van der Waals surface area (Å²) in [6.45, 7) is 6.22. The lowest BCUT2D eigenvalue weighted by Gasteiger charge is -2.24. The number of fused-ring (bicyclic) bond motifs is 1. The highest BCUT2D eigenvalue weighted by atomic mass is 32.2. The van der Waals surface area contributed by atoms with Crippen molar-refractivity contribution < 1.29 is 27.4 Å². The predicted molar refractivity (Wildman–Crippen MR) is 118 cm³/mol. The van der Waals surface area contributed by atoms with Crippen LogP contribution in [0.15, 0.2) is 42.5 Å². The molecule has 1 aliphatic rings. The van der Waals surface area contributed by atoms with Crippen molar-refractivity contribution in [2.24, 2.45) is 0 Å². The first kappa shape index (κ1) is 22.7. The first-order valence-electron chi connectivity index (χ1n) is 10.1. The maximum atomic E-state index is 12.7. The molecular formula is C22H28N2O6S. The second-order valence-corrected chi connectivity index (χ2v) is 9.53. The molecule has 0 aliphatic carbocycles. The van der Waals surface area contributed by atoms with Gasteiger partial charge < -0.3 is 19.5 Å². The molecule has 0 aromatic heterocycles. The smallest absolute Gasteiger partial charge is 0.241 e. The number of amides is 1. The van der Waals surface area contributed by atoms with Crippen LogP contribution in [0.1, 0.15) is 32.4 Å². The first-order chi connectivity index (χ1) is 14.6. The van der Waals surface area contributed by atoms with Gasteiger partial charge in [-0.15, -0.1) is 0 Å². The Kier molecular flexibility index (Phi) is 6.94. The highest BCUT2D eigenvalue weighted by Crippen LogP contribution is 2.32. The van der Waals surface area contributed by atoms with E-state index in [0.29, 0.717) is 36.1 Å². The number of nitrogens with one attached hydrogen (secondary N) is 1. The summed E-state index contributed by atoms with van der Waals surface area (Å²) in [6, 6.07) is 11.8. The molecule has 0 bridgehead atoms. The van der Waals surface area contributed by atoms with E-state index >= 15 is 0 Å². The molecule has 0 saturated heterocycles. The van der Waals surface area contributed by atoms with Gasteiger partial charge in [0.2, 0.25) is 15.9 Å². The van der Waals surface area contributed by atoms with Crippen LogP contribution >= 0.6 is 0 Å². The molecule has 1 N–H and O–H groups in total. The van der Waals surface area contributed by atoms with Crippen molar-refractivity contribution >= 4 is 21.6 Å². The van der Waals surface area contributed by atoms with E-state index < -0.39 is 15.9 Å². The normalized spacial score (nSPS) is 14.1. The van der Waals surface area contributed by atoms with Crippen LogP contribution in [0.2, 0.25) is 0 Å². The number of rotatable bonds is 8. The fourth-order valence-corrected chi connectivity index (χ4v) is 4.06. The van der Waals surface area contributed by atoms with Crippen molar-refractivity contribution in [1.29, 1.82) is 0 Å². The Labute approximate surface area is 183 Å². The van der Waals surface area contributed by atoms with Gasteiger partial charge in [-0.05, 0) is 50.6 Å². The van der Waals surface area contributed by atoms with Crippen molar-refractivity contribution in [3.63, 3.8) is 0 Å². The Morgan fingerprint density at radius 3 is 2.48 bits per heavy atom. The van der Waals surface area contributed by atoms with Crippen LogP contribution in [0.5, 0.6) is 17.2 Å².